The number of amides is 1. The maximum atomic E-state index is 12.9. The molecule has 1 amide bonds. The highest BCUT2D eigenvalue weighted by atomic mass is 16.2. The number of hydrogen-bond donors (Lipinski definition) is 1. The van der Waals surface area contributed by atoms with Gasteiger partial charge in [-0.3, -0.25) is 14.6 Å². The Balaban J connectivity index is 1.39. The van der Waals surface area contributed by atoms with E-state index in [2.05, 4.69) is 71.6 Å². The Kier molecular flexibility index (Phi) is 5.02. The predicted molar refractivity (Wildman–Crippen MR) is 109 cm³/mol. The fourth-order valence-corrected chi connectivity index (χ4v) is 4.42. The average Bonchev–Trinajstić information content (AvgIpc) is 2.66. The summed E-state index contributed by atoms with van der Waals surface area (Å²) in [5.41, 5.74) is 6.78. The zero-order chi connectivity index (χ0) is 19.0. The number of rotatable bonds is 3. The van der Waals surface area contributed by atoms with Crippen molar-refractivity contribution in [3.8, 4) is 0 Å². The molecule has 0 bridgehead atoms. The SMILES string of the molecule is Cc1ccc2c(c1)CC(CNC(=O)[C@@H]1Cc3ccccc3CN1C)N(C)C2. The Morgan fingerprint density at radius 3 is 2.48 bits per heavy atom. The average molecular weight is 364 g/mol. The molecule has 1 unspecified atom stereocenters. The molecule has 2 aromatic carbocycles. The molecule has 4 nitrogen and oxygen atoms in total. The first-order valence-electron chi connectivity index (χ1n) is 9.84. The summed E-state index contributed by atoms with van der Waals surface area (Å²) >= 11 is 0. The van der Waals surface area contributed by atoms with Gasteiger partial charge in [0.05, 0.1) is 6.04 Å². The molecule has 2 aliphatic rings. The number of aryl methyl sites for hydroxylation is 1. The van der Waals surface area contributed by atoms with Crippen LogP contribution in [-0.2, 0) is 30.7 Å². The van der Waals surface area contributed by atoms with Gasteiger partial charge < -0.3 is 5.32 Å². The largest absolute Gasteiger partial charge is 0.353 e. The molecule has 4 heteroatoms. The molecular formula is C23H29N3O. The van der Waals surface area contributed by atoms with Crippen LogP contribution in [0.25, 0.3) is 0 Å². The number of hydrogen-bond acceptors (Lipinski definition) is 3. The van der Waals surface area contributed by atoms with Crippen LogP contribution < -0.4 is 5.32 Å². The minimum atomic E-state index is -0.0803. The molecule has 0 aliphatic carbocycles. The molecule has 0 fully saturated rings. The van der Waals surface area contributed by atoms with E-state index in [9.17, 15) is 4.79 Å². The van der Waals surface area contributed by atoms with Gasteiger partial charge in [-0.1, -0.05) is 48.0 Å². The zero-order valence-corrected chi connectivity index (χ0v) is 16.5. The molecule has 1 N–H and O–H groups in total. The minimum absolute atomic E-state index is 0.0803. The van der Waals surface area contributed by atoms with Crippen LogP contribution in [0.3, 0.4) is 0 Å². The summed E-state index contributed by atoms with van der Waals surface area (Å²) in [6.07, 6.45) is 1.79. The Morgan fingerprint density at radius 1 is 0.963 bits per heavy atom. The summed E-state index contributed by atoms with van der Waals surface area (Å²) in [7, 11) is 4.20. The summed E-state index contributed by atoms with van der Waals surface area (Å²) in [4.78, 5) is 17.4. The third-order valence-corrected chi connectivity index (χ3v) is 6.16. The van der Waals surface area contributed by atoms with E-state index in [1.165, 1.54) is 27.8 Å². The van der Waals surface area contributed by atoms with Gasteiger partial charge in [0.25, 0.3) is 0 Å². The van der Waals surface area contributed by atoms with Crippen LogP contribution in [0.5, 0.6) is 0 Å². The highest BCUT2D eigenvalue weighted by Gasteiger charge is 2.30. The lowest BCUT2D eigenvalue weighted by atomic mass is 9.92. The zero-order valence-electron chi connectivity index (χ0n) is 16.5. The highest BCUT2D eigenvalue weighted by Crippen LogP contribution is 2.24. The second kappa shape index (κ2) is 7.45. The lowest BCUT2D eigenvalue weighted by molar-refractivity contribution is -0.126. The molecule has 0 saturated heterocycles. The smallest absolute Gasteiger partial charge is 0.237 e. The summed E-state index contributed by atoms with van der Waals surface area (Å²) in [5, 5.41) is 3.24. The summed E-state index contributed by atoms with van der Waals surface area (Å²) in [6.45, 7) is 4.64. The number of benzene rings is 2. The predicted octanol–water partition coefficient (Wildman–Crippen LogP) is 2.52. The van der Waals surface area contributed by atoms with Crippen molar-refractivity contribution in [3.63, 3.8) is 0 Å². The van der Waals surface area contributed by atoms with Gasteiger partial charge in [0.15, 0.2) is 0 Å². The molecule has 2 heterocycles. The number of nitrogens with one attached hydrogen (secondary N) is 1. The van der Waals surface area contributed by atoms with Crippen LogP contribution in [-0.4, -0.2) is 48.4 Å². The lowest BCUT2D eigenvalue weighted by Crippen LogP contribution is -2.52. The number of fused-ring (bicyclic) bond motifs is 2. The topological polar surface area (TPSA) is 35.6 Å². The molecule has 0 radical (unpaired) electrons. The van der Waals surface area contributed by atoms with E-state index in [0.29, 0.717) is 12.6 Å². The second-order valence-corrected chi connectivity index (χ2v) is 8.19. The van der Waals surface area contributed by atoms with Crippen molar-refractivity contribution in [2.24, 2.45) is 0 Å². The van der Waals surface area contributed by atoms with Crippen LogP contribution in [0.15, 0.2) is 42.5 Å². The molecule has 0 saturated carbocycles. The van der Waals surface area contributed by atoms with Gasteiger partial charge in [-0.2, -0.15) is 0 Å². The first-order chi connectivity index (χ1) is 13.0. The van der Waals surface area contributed by atoms with Gasteiger partial charge in [-0.05, 0) is 56.1 Å². The summed E-state index contributed by atoms with van der Waals surface area (Å²) in [5.74, 6) is 0.149. The maximum Gasteiger partial charge on any atom is 0.237 e. The Bertz CT molecular complexity index is 847. The number of likely N-dealkylation sites (N-methyl/N-ethyl adjacent to an activating group) is 2. The van der Waals surface area contributed by atoms with Crippen molar-refractivity contribution < 1.29 is 4.79 Å². The second-order valence-electron chi connectivity index (χ2n) is 8.19. The van der Waals surface area contributed by atoms with Crippen LogP contribution in [0, 0.1) is 6.92 Å². The molecule has 142 valence electrons. The van der Waals surface area contributed by atoms with E-state index in [1.807, 2.05) is 7.05 Å². The van der Waals surface area contributed by atoms with Gasteiger partial charge in [0.2, 0.25) is 5.91 Å². The Morgan fingerprint density at radius 2 is 1.67 bits per heavy atom. The fourth-order valence-electron chi connectivity index (χ4n) is 4.42. The first-order valence-corrected chi connectivity index (χ1v) is 9.84. The molecular weight excluding hydrogens is 334 g/mol. The van der Waals surface area contributed by atoms with E-state index < -0.39 is 0 Å². The van der Waals surface area contributed by atoms with E-state index in [4.69, 9.17) is 0 Å². The first kappa shape index (κ1) is 18.2. The Hall–Kier alpha value is -2.17. The van der Waals surface area contributed by atoms with Crippen molar-refractivity contribution >= 4 is 5.91 Å². The van der Waals surface area contributed by atoms with Crippen molar-refractivity contribution in [2.75, 3.05) is 20.6 Å². The lowest BCUT2D eigenvalue weighted by Gasteiger charge is -2.36. The summed E-state index contributed by atoms with van der Waals surface area (Å²) in [6, 6.07) is 15.4. The number of carbonyl (C=O) groups is 1. The van der Waals surface area contributed by atoms with Crippen LogP contribution >= 0.6 is 0 Å². The minimum Gasteiger partial charge on any atom is -0.353 e. The van der Waals surface area contributed by atoms with Gasteiger partial charge in [0.1, 0.15) is 0 Å². The van der Waals surface area contributed by atoms with Crippen LogP contribution in [0.4, 0.5) is 0 Å². The number of carbonyl (C=O) groups excluding carboxylic acids is 1. The van der Waals surface area contributed by atoms with Crippen molar-refractivity contribution in [2.45, 2.75) is 44.9 Å². The van der Waals surface area contributed by atoms with Crippen molar-refractivity contribution in [1.82, 2.24) is 15.1 Å². The Labute approximate surface area is 162 Å². The van der Waals surface area contributed by atoms with Crippen molar-refractivity contribution in [1.29, 1.82) is 0 Å². The molecule has 2 aliphatic heterocycles. The van der Waals surface area contributed by atoms with Gasteiger partial charge >= 0.3 is 0 Å². The molecule has 2 aromatic rings. The highest BCUT2D eigenvalue weighted by molar-refractivity contribution is 5.82. The summed E-state index contributed by atoms with van der Waals surface area (Å²) < 4.78 is 0. The van der Waals surface area contributed by atoms with Crippen LogP contribution in [0.1, 0.15) is 27.8 Å². The molecule has 0 aromatic heterocycles. The normalized spacial score (nSPS) is 22.8. The van der Waals surface area contributed by atoms with E-state index in [1.54, 1.807) is 0 Å². The van der Waals surface area contributed by atoms with Gasteiger partial charge in [-0.25, -0.2) is 0 Å². The van der Waals surface area contributed by atoms with Crippen molar-refractivity contribution in [3.05, 3.63) is 70.3 Å². The van der Waals surface area contributed by atoms with E-state index in [-0.39, 0.29) is 11.9 Å². The van der Waals surface area contributed by atoms with Gasteiger partial charge in [0, 0.05) is 25.7 Å². The standard InChI is InChI=1S/C23H29N3O/c1-16-8-9-19-14-25(2)21(11-20(19)10-16)13-24-23(27)22-12-17-6-4-5-7-18(17)15-26(22)3/h4-10,21-22H,11-15H2,1-3H3,(H,24,27)/t21?,22-/m0/s1. The molecule has 2 atom stereocenters. The fraction of sp³-hybridized carbons (Fsp3) is 0.435. The monoisotopic (exact) mass is 363 g/mol. The third kappa shape index (κ3) is 3.78. The molecule has 4 rings (SSSR count). The van der Waals surface area contributed by atoms with Gasteiger partial charge in [-0.15, -0.1) is 0 Å². The number of nitrogens with zero attached hydrogens (tertiary/aromatic N) is 2. The quantitative estimate of drug-likeness (QED) is 0.910. The third-order valence-electron chi connectivity index (χ3n) is 6.16. The molecule has 27 heavy (non-hydrogen) atoms. The molecule has 0 spiro atoms. The maximum absolute atomic E-state index is 12.9. The van der Waals surface area contributed by atoms with Crippen LogP contribution in [0.2, 0.25) is 0 Å². The van der Waals surface area contributed by atoms with E-state index in [0.717, 1.165) is 25.9 Å². The van der Waals surface area contributed by atoms with E-state index >= 15 is 0 Å².